The molecule has 1 aromatic rings. The van der Waals surface area contributed by atoms with E-state index in [1.54, 1.807) is 12.1 Å². The number of nitrogens with zero attached hydrogens (tertiary/aromatic N) is 1. The standard InChI is InChI=1S/C18H17FN2O2/c1-18(2)7-6-13-15(16(18)22)14(12(9-20)17(21)23-13)10-4-3-5-11(19)8-10/h3-5,8,14H,6-7,21H2,1-2H3/t14-/m1/s1. The Hall–Kier alpha value is -2.61. The van der Waals surface area contributed by atoms with Crippen molar-refractivity contribution in [3.8, 4) is 6.07 Å². The van der Waals surface area contributed by atoms with Gasteiger partial charge in [0, 0.05) is 17.4 Å². The highest BCUT2D eigenvalue weighted by Crippen LogP contribution is 2.47. The molecule has 2 N–H and O–H groups in total. The second-order valence-corrected chi connectivity index (χ2v) is 6.53. The van der Waals surface area contributed by atoms with E-state index >= 15 is 0 Å². The molecule has 3 rings (SSSR count). The fraction of sp³-hybridized carbons (Fsp3) is 0.333. The highest BCUT2D eigenvalue weighted by molar-refractivity contribution is 6.03. The Balaban J connectivity index is 2.22. The maximum absolute atomic E-state index is 13.7. The van der Waals surface area contributed by atoms with Crippen molar-refractivity contribution in [3.63, 3.8) is 0 Å². The number of carbonyl (C=O) groups excluding carboxylic acids is 1. The number of carbonyl (C=O) groups is 1. The minimum atomic E-state index is -0.675. The predicted octanol–water partition coefficient (Wildman–Crippen LogP) is 3.28. The molecular weight excluding hydrogens is 295 g/mol. The van der Waals surface area contributed by atoms with Crippen LogP contribution in [-0.2, 0) is 9.53 Å². The number of hydrogen-bond acceptors (Lipinski definition) is 4. The van der Waals surface area contributed by atoms with Crippen molar-refractivity contribution in [1.29, 1.82) is 5.26 Å². The summed E-state index contributed by atoms with van der Waals surface area (Å²) in [6.45, 7) is 3.74. The van der Waals surface area contributed by atoms with Gasteiger partial charge in [-0.25, -0.2) is 4.39 Å². The lowest BCUT2D eigenvalue weighted by Gasteiger charge is -2.37. The lowest BCUT2D eigenvalue weighted by molar-refractivity contribution is -0.125. The number of ketones is 1. The summed E-state index contributed by atoms with van der Waals surface area (Å²) < 4.78 is 19.2. The Bertz CT molecular complexity index is 799. The molecule has 0 unspecified atom stereocenters. The minimum absolute atomic E-state index is 0.00647. The van der Waals surface area contributed by atoms with Crippen molar-refractivity contribution in [3.05, 3.63) is 58.4 Å². The normalized spacial score (nSPS) is 23.2. The first-order valence-corrected chi connectivity index (χ1v) is 7.46. The SMILES string of the molecule is CC1(C)CCC2=C(C1=O)[C@H](c1cccc(F)c1)C(C#N)=C(N)O2. The van der Waals surface area contributed by atoms with Gasteiger partial charge in [0.15, 0.2) is 5.78 Å². The van der Waals surface area contributed by atoms with Crippen LogP contribution >= 0.6 is 0 Å². The van der Waals surface area contributed by atoms with Crippen molar-refractivity contribution in [2.75, 3.05) is 0 Å². The zero-order valence-electron chi connectivity index (χ0n) is 13.0. The molecule has 0 saturated carbocycles. The largest absolute Gasteiger partial charge is 0.444 e. The van der Waals surface area contributed by atoms with Gasteiger partial charge in [0.25, 0.3) is 0 Å². The Morgan fingerprint density at radius 3 is 2.83 bits per heavy atom. The molecule has 1 aliphatic heterocycles. The molecule has 4 nitrogen and oxygen atoms in total. The Morgan fingerprint density at radius 2 is 2.17 bits per heavy atom. The molecule has 23 heavy (non-hydrogen) atoms. The molecular formula is C18H17FN2O2. The van der Waals surface area contributed by atoms with Gasteiger partial charge in [0.05, 0.1) is 5.92 Å². The van der Waals surface area contributed by atoms with Gasteiger partial charge in [0.2, 0.25) is 5.88 Å². The molecule has 1 atom stereocenters. The second kappa shape index (κ2) is 5.24. The third kappa shape index (κ3) is 2.40. The van der Waals surface area contributed by atoms with Crippen LogP contribution in [0.4, 0.5) is 4.39 Å². The molecule has 1 aliphatic carbocycles. The first-order chi connectivity index (χ1) is 10.8. The number of halogens is 1. The molecule has 0 amide bonds. The number of nitrogens with two attached hydrogens (primary N) is 1. The molecule has 5 heteroatoms. The average Bonchev–Trinajstić information content (AvgIpc) is 2.50. The quantitative estimate of drug-likeness (QED) is 0.863. The molecule has 0 radical (unpaired) electrons. The number of allylic oxidation sites excluding steroid dienone is 3. The zero-order chi connectivity index (χ0) is 16.8. The average molecular weight is 312 g/mol. The van der Waals surface area contributed by atoms with E-state index in [0.717, 1.165) is 0 Å². The first-order valence-electron chi connectivity index (χ1n) is 7.46. The summed E-state index contributed by atoms with van der Waals surface area (Å²) in [5, 5.41) is 9.47. The molecule has 0 aromatic heterocycles. The number of benzene rings is 1. The smallest absolute Gasteiger partial charge is 0.205 e. The van der Waals surface area contributed by atoms with Crippen molar-refractivity contribution < 1.29 is 13.9 Å². The van der Waals surface area contributed by atoms with Gasteiger partial charge in [-0.1, -0.05) is 26.0 Å². The molecule has 1 aromatic carbocycles. The summed E-state index contributed by atoms with van der Waals surface area (Å²) in [5.41, 5.74) is 6.44. The zero-order valence-corrected chi connectivity index (χ0v) is 13.0. The van der Waals surface area contributed by atoms with E-state index in [9.17, 15) is 14.4 Å². The lowest BCUT2D eigenvalue weighted by Crippen LogP contribution is -2.36. The second-order valence-electron chi connectivity index (χ2n) is 6.53. The van der Waals surface area contributed by atoms with Gasteiger partial charge in [-0.15, -0.1) is 0 Å². The topological polar surface area (TPSA) is 76.1 Å². The van der Waals surface area contributed by atoms with E-state index in [-0.39, 0.29) is 17.2 Å². The molecule has 0 bridgehead atoms. The third-order valence-electron chi connectivity index (χ3n) is 4.52. The maximum Gasteiger partial charge on any atom is 0.205 e. The maximum atomic E-state index is 13.7. The first kappa shape index (κ1) is 15.3. The summed E-state index contributed by atoms with van der Waals surface area (Å²) in [6, 6.07) is 7.94. The van der Waals surface area contributed by atoms with Crippen molar-refractivity contribution in [1.82, 2.24) is 0 Å². The van der Waals surface area contributed by atoms with Gasteiger partial charge in [0.1, 0.15) is 23.2 Å². The number of ether oxygens (including phenoxy) is 1. The van der Waals surface area contributed by atoms with Crippen LogP contribution in [0.5, 0.6) is 0 Å². The molecule has 118 valence electrons. The Morgan fingerprint density at radius 1 is 1.43 bits per heavy atom. The minimum Gasteiger partial charge on any atom is -0.444 e. The molecule has 0 saturated heterocycles. The molecule has 1 heterocycles. The monoisotopic (exact) mass is 312 g/mol. The van der Waals surface area contributed by atoms with E-state index in [1.807, 2.05) is 19.9 Å². The lowest BCUT2D eigenvalue weighted by atomic mass is 9.68. The van der Waals surface area contributed by atoms with Crippen LogP contribution in [-0.4, -0.2) is 5.78 Å². The summed E-state index contributed by atoms with van der Waals surface area (Å²) in [7, 11) is 0. The van der Waals surface area contributed by atoms with Crippen LogP contribution in [0.1, 0.15) is 38.2 Å². The fourth-order valence-corrected chi connectivity index (χ4v) is 3.18. The van der Waals surface area contributed by atoms with Gasteiger partial charge < -0.3 is 10.5 Å². The predicted molar refractivity (Wildman–Crippen MR) is 82.1 cm³/mol. The van der Waals surface area contributed by atoms with E-state index in [0.29, 0.717) is 29.7 Å². The van der Waals surface area contributed by atoms with E-state index < -0.39 is 17.2 Å². The third-order valence-corrected chi connectivity index (χ3v) is 4.52. The summed E-state index contributed by atoms with van der Waals surface area (Å²) in [6.07, 6.45) is 1.22. The number of Topliss-reactive ketones (excluding diaryl/α,β-unsaturated/α-hetero) is 1. The number of nitriles is 1. The summed E-state index contributed by atoms with van der Waals surface area (Å²) >= 11 is 0. The van der Waals surface area contributed by atoms with Gasteiger partial charge >= 0.3 is 0 Å². The van der Waals surface area contributed by atoms with Crippen LogP contribution in [0.25, 0.3) is 0 Å². The van der Waals surface area contributed by atoms with Crippen LogP contribution < -0.4 is 5.73 Å². The van der Waals surface area contributed by atoms with Crippen molar-refractivity contribution >= 4 is 5.78 Å². The molecule has 0 spiro atoms. The van der Waals surface area contributed by atoms with Crippen molar-refractivity contribution in [2.24, 2.45) is 11.1 Å². The van der Waals surface area contributed by atoms with E-state index in [4.69, 9.17) is 10.5 Å². The van der Waals surface area contributed by atoms with Crippen LogP contribution in [0.3, 0.4) is 0 Å². The van der Waals surface area contributed by atoms with Gasteiger partial charge in [-0.3, -0.25) is 4.79 Å². The number of hydrogen-bond donors (Lipinski definition) is 1. The van der Waals surface area contributed by atoms with Crippen LogP contribution in [0, 0.1) is 22.6 Å². The van der Waals surface area contributed by atoms with E-state index in [2.05, 4.69) is 0 Å². The van der Waals surface area contributed by atoms with Gasteiger partial charge in [-0.2, -0.15) is 5.26 Å². The van der Waals surface area contributed by atoms with Crippen molar-refractivity contribution in [2.45, 2.75) is 32.6 Å². The highest BCUT2D eigenvalue weighted by Gasteiger charge is 2.44. The Labute approximate surface area is 134 Å². The van der Waals surface area contributed by atoms with Crippen LogP contribution in [0.15, 0.2) is 47.1 Å². The Kier molecular flexibility index (Phi) is 3.48. The van der Waals surface area contributed by atoms with Gasteiger partial charge in [-0.05, 0) is 24.1 Å². The highest BCUT2D eigenvalue weighted by atomic mass is 19.1. The molecule has 0 fully saturated rings. The number of rotatable bonds is 1. The summed E-state index contributed by atoms with van der Waals surface area (Å²) in [5.74, 6) is -0.678. The fourth-order valence-electron chi connectivity index (χ4n) is 3.18. The van der Waals surface area contributed by atoms with Crippen LogP contribution in [0.2, 0.25) is 0 Å². The van der Waals surface area contributed by atoms with E-state index in [1.165, 1.54) is 12.1 Å². The molecule has 2 aliphatic rings. The summed E-state index contributed by atoms with van der Waals surface area (Å²) in [4.78, 5) is 12.9.